The van der Waals surface area contributed by atoms with Crippen LogP contribution >= 0.6 is 15.9 Å². The fraction of sp³-hybridized carbons (Fsp3) is 0.400. The van der Waals surface area contributed by atoms with Crippen LogP contribution in [0.15, 0.2) is 16.6 Å². The van der Waals surface area contributed by atoms with Crippen LogP contribution in [0.5, 0.6) is 0 Å². The normalized spacial score (nSPS) is 17.2. The van der Waals surface area contributed by atoms with Crippen molar-refractivity contribution >= 4 is 15.9 Å². The molecule has 0 spiro atoms. The molecule has 0 heterocycles. The third kappa shape index (κ3) is 1.62. The Bertz CT molecular complexity index is 332. The van der Waals surface area contributed by atoms with Gasteiger partial charge < -0.3 is 0 Å². The van der Waals surface area contributed by atoms with Gasteiger partial charge in [0.15, 0.2) is 0 Å². The lowest BCUT2D eigenvalue weighted by atomic mass is 9.80. The lowest BCUT2D eigenvalue weighted by Gasteiger charge is -2.26. The van der Waals surface area contributed by atoms with Crippen molar-refractivity contribution < 1.29 is 8.78 Å². The predicted octanol–water partition coefficient (Wildman–Crippen LogP) is 3.99. The average Bonchev–Trinajstić information content (AvgIpc) is 1.95. The topological polar surface area (TPSA) is 0 Å². The van der Waals surface area contributed by atoms with Gasteiger partial charge in [0.05, 0.1) is 4.47 Å². The van der Waals surface area contributed by atoms with Crippen LogP contribution in [0.1, 0.15) is 30.7 Å². The molecule has 13 heavy (non-hydrogen) atoms. The van der Waals surface area contributed by atoms with Crippen LogP contribution in [0.4, 0.5) is 8.78 Å². The van der Waals surface area contributed by atoms with E-state index in [9.17, 15) is 8.78 Å². The first-order chi connectivity index (χ1) is 6.18. The second kappa shape index (κ2) is 3.37. The zero-order valence-corrected chi connectivity index (χ0v) is 8.57. The molecule has 1 saturated carbocycles. The van der Waals surface area contributed by atoms with Gasteiger partial charge in [-0.3, -0.25) is 0 Å². The molecule has 0 aliphatic heterocycles. The lowest BCUT2D eigenvalue weighted by Crippen LogP contribution is -2.10. The Morgan fingerprint density at radius 1 is 1.23 bits per heavy atom. The van der Waals surface area contributed by atoms with Gasteiger partial charge in [-0.2, -0.15) is 0 Å². The molecule has 0 nitrogen and oxygen atoms in total. The maximum Gasteiger partial charge on any atom is 0.140 e. The van der Waals surface area contributed by atoms with E-state index in [0.29, 0.717) is 10.4 Å². The molecule has 1 aliphatic carbocycles. The average molecular weight is 247 g/mol. The fourth-order valence-corrected chi connectivity index (χ4v) is 2.14. The van der Waals surface area contributed by atoms with Crippen LogP contribution in [-0.2, 0) is 0 Å². The number of hydrogen-bond donors (Lipinski definition) is 0. The summed E-state index contributed by atoms with van der Waals surface area (Å²) >= 11 is 3.15. The summed E-state index contributed by atoms with van der Waals surface area (Å²) in [5.74, 6) is -0.635. The highest BCUT2D eigenvalue weighted by Crippen LogP contribution is 2.40. The third-order valence-electron chi connectivity index (χ3n) is 2.57. The highest BCUT2D eigenvalue weighted by atomic mass is 79.9. The molecular formula is C10H9BrF2. The second-order valence-electron chi connectivity index (χ2n) is 3.42. The number of hydrogen-bond acceptors (Lipinski definition) is 0. The SMILES string of the molecule is Fc1cc(F)c(Br)c(C2CCC2)c1. The summed E-state index contributed by atoms with van der Waals surface area (Å²) in [6.07, 6.45) is 3.25. The van der Waals surface area contributed by atoms with Gasteiger partial charge in [-0.25, -0.2) is 8.78 Å². The zero-order chi connectivity index (χ0) is 9.42. The second-order valence-corrected chi connectivity index (χ2v) is 4.21. The van der Waals surface area contributed by atoms with Crippen molar-refractivity contribution in [1.82, 2.24) is 0 Å². The molecule has 3 heteroatoms. The molecule has 0 radical (unpaired) electrons. The van der Waals surface area contributed by atoms with Crippen molar-refractivity contribution in [2.75, 3.05) is 0 Å². The van der Waals surface area contributed by atoms with Crippen molar-refractivity contribution in [3.63, 3.8) is 0 Å². The van der Waals surface area contributed by atoms with Gasteiger partial charge in [0.2, 0.25) is 0 Å². The standard InChI is InChI=1S/C10H9BrF2/c11-10-8(6-2-1-3-6)4-7(12)5-9(10)13/h4-6H,1-3H2. The smallest absolute Gasteiger partial charge is 0.140 e. The monoisotopic (exact) mass is 246 g/mol. The van der Waals surface area contributed by atoms with E-state index in [4.69, 9.17) is 0 Å². The number of halogens is 3. The third-order valence-corrected chi connectivity index (χ3v) is 3.40. The van der Waals surface area contributed by atoms with Gasteiger partial charge in [-0.05, 0) is 46.3 Å². The van der Waals surface area contributed by atoms with Crippen LogP contribution in [-0.4, -0.2) is 0 Å². The summed E-state index contributed by atoms with van der Waals surface area (Å²) in [6.45, 7) is 0. The van der Waals surface area contributed by atoms with Crippen molar-refractivity contribution in [2.24, 2.45) is 0 Å². The van der Waals surface area contributed by atoms with E-state index < -0.39 is 11.6 Å². The van der Waals surface area contributed by atoms with Gasteiger partial charge in [0.25, 0.3) is 0 Å². The van der Waals surface area contributed by atoms with Crippen molar-refractivity contribution in [1.29, 1.82) is 0 Å². The van der Waals surface area contributed by atoms with E-state index in [0.717, 1.165) is 30.9 Å². The molecule has 0 aromatic heterocycles. The Morgan fingerprint density at radius 3 is 2.46 bits per heavy atom. The molecule has 1 fully saturated rings. The lowest BCUT2D eigenvalue weighted by molar-refractivity contribution is 0.413. The van der Waals surface area contributed by atoms with Crippen LogP contribution in [0.2, 0.25) is 0 Å². The minimum atomic E-state index is -0.498. The summed E-state index contributed by atoms with van der Waals surface area (Å²) in [5, 5.41) is 0. The van der Waals surface area contributed by atoms with E-state index in [1.807, 2.05) is 0 Å². The number of rotatable bonds is 1. The summed E-state index contributed by atoms with van der Waals surface area (Å²) in [4.78, 5) is 0. The first kappa shape index (κ1) is 9.13. The van der Waals surface area contributed by atoms with Crippen molar-refractivity contribution in [3.8, 4) is 0 Å². The Kier molecular flexibility index (Phi) is 2.37. The van der Waals surface area contributed by atoms with E-state index in [1.54, 1.807) is 0 Å². The summed E-state index contributed by atoms with van der Waals surface area (Å²) < 4.78 is 26.4. The minimum Gasteiger partial charge on any atom is -0.207 e. The Balaban J connectivity index is 2.42. The Hall–Kier alpha value is -0.440. The predicted molar refractivity (Wildman–Crippen MR) is 50.7 cm³/mol. The minimum absolute atomic E-state index is 0.347. The Morgan fingerprint density at radius 2 is 1.92 bits per heavy atom. The van der Waals surface area contributed by atoms with Crippen LogP contribution in [0.3, 0.4) is 0 Å². The van der Waals surface area contributed by atoms with E-state index >= 15 is 0 Å². The van der Waals surface area contributed by atoms with E-state index in [1.165, 1.54) is 6.07 Å². The molecule has 0 bridgehead atoms. The molecule has 1 aliphatic rings. The van der Waals surface area contributed by atoms with Crippen molar-refractivity contribution in [3.05, 3.63) is 33.8 Å². The van der Waals surface area contributed by atoms with Gasteiger partial charge in [-0.15, -0.1) is 0 Å². The van der Waals surface area contributed by atoms with E-state index in [-0.39, 0.29) is 0 Å². The molecule has 0 N–H and O–H groups in total. The maximum atomic E-state index is 13.1. The van der Waals surface area contributed by atoms with Gasteiger partial charge in [0, 0.05) is 6.07 Å². The molecule has 70 valence electrons. The van der Waals surface area contributed by atoms with Gasteiger partial charge in [-0.1, -0.05) is 6.42 Å². The number of benzene rings is 1. The molecule has 0 unspecified atom stereocenters. The molecule has 0 atom stereocenters. The molecule has 1 aromatic carbocycles. The van der Waals surface area contributed by atoms with E-state index in [2.05, 4.69) is 15.9 Å². The molecule has 1 aromatic rings. The quantitative estimate of drug-likeness (QED) is 0.658. The summed E-state index contributed by atoms with van der Waals surface area (Å²) in [6, 6.07) is 2.34. The molecule has 2 rings (SSSR count). The van der Waals surface area contributed by atoms with Gasteiger partial charge >= 0.3 is 0 Å². The first-order valence-corrected chi connectivity index (χ1v) is 5.12. The summed E-state index contributed by atoms with van der Waals surface area (Å²) in [7, 11) is 0. The largest absolute Gasteiger partial charge is 0.207 e. The first-order valence-electron chi connectivity index (χ1n) is 4.33. The van der Waals surface area contributed by atoms with Crippen LogP contribution < -0.4 is 0 Å². The summed E-state index contributed by atoms with van der Waals surface area (Å²) in [5.41, 5.74) is 0.781. The Labute approximate surface area is 84.1 Å². The maximum absolute atomic E-state index is 13.1. The highest BCUT2D eigenvalue weighted by Gasteiger charge is 2.23. The molecular weight excluding hydrogens is 238 g/mol. The molecule has 0 amide bonds. The van der Waals surface area contributed by atoms with Crippen molar-refractivity contribution in [2.45, 2.75) is 25.2 Å². The highest BCUT2D eigenvalue weighted by molar-refractivity contribution is 9.10. The van der Waals surface area contributed by atoms with Gasteiger partial charge in [0.1, 0.15) is 11.6 Å². The zero-order valence-electron chi connectivity index (χ0n) is 6.99. The van der Waals surface area contributed by atoms with Crippen LogP contribution in [0, 0.1) is 11.6 Å². The fourth-order valence-electron chi connectivity index (χ4n) is 1.59. The van der Waals surface area contributed by atoms with Crippen LogP contribution in [0.25, 0.3) is 0 Å². The molecule has 0 saturated heterocycles.